The molecular weight excluding hydrogens is 228 g/mol. The Morgan fingerprint density at radius 3 is 2.89 bits per heavy atom. The van der Waals surface area contributed by atoms with Crippen molar-refractivity contribution in [1.29, 1.82) is 0 Å². The Hall–Kier alpha value is -1.49. The fourth-order valence-corrected chi connectivity index (χ4v) is 1.59. The fraction of sp³-hybridized carbons (Fsp3) is 0.615. The van der Waals surface area contributed by atoms with Gasteiger partial charge >= 0.3 is 0 Å². The second-order valence-electron chi connectivity index (χ2n) is 4.53. The molecule has 5 heteroatoms. The van der Waals surface area contributed by atoms with Crippen molar-refractivity contribution in [2.24, 2.45) is 4.99 Å². The SMILES string of the molecule is CCNO/C(C)=C/C1=C(C)C(NC(C)C)=NCN1. The predicted molar refractivity (Wildman–Crippen MR) is 74.9 cm³/mol. The molecule has 0 amide bonds. The molecule has 1 aliphatic heterocycles. The summed E-state index contributed by atoms with van der Waals surface area (Å²) in [5.74, 6) is 1.77. The molecule has 0 fully saturated rings. The summed E-state index contributed by atoms with van der Waals surface area (Å²) in [6.07, 6.45) is 1.98. The topological polar surface area (TPSA) is 57.7 Å². The number of allylic oxidation sites excluding steroid dienone is 2. The van der Waals surface area contributed by atoms with Gasteiger partial charge in [0, 0.05) is 29.9 Å². The fourth-order valence-electron chi connectivity index (χ4n) is 1.59. The van der Waals surface area contributed by atoms with Gasteiger partial charge < -0.3 is 15.5 Å². The first-order valence-corrected chi connectivity index (χ1v) is 6.38. The second kappa shape index (κ2) is 7.06. The number of rotatable bonds is 5. The van der Waals surface area contributed by atoms with Gasteiger partial charge in [-0.05, 0) is 34.6 Å². The van der Waals surface area contributed by atoms with Crippen molar-refractivity contribution < 1.29 is 4.84 Å². The first-order chi connectivity index (χ1) is 8.54. The summed E-state index contributed by atoms with van der Waals surface area (Å²) in [7, 11) is 0. The van der Waals surface area contributed by atoms with Crippen LogP contribution >= 0.6 is 0 Å². The molecule has 18 heavy (non-hydrogen) atoms. The first kappa shape index (κ1) is 14.6. The number of hydrogen-bond acceptors (Lipinski definition) is 5. The Morgan fingerprint density at radius 2 is 2.28 bits per heavy atom. The lowest BCUT2D eigenvalue weighted by Crippen LogP contribution is -2.36. The average molecular weight is 252 g/mol. The van der Waals surface area contributed by atoms with E-state index in [-0.39, 0.29) is 0 Å². The molecule has 0 aromatic rings. The van der Waals surface area contributed by atoms with Crippen LogP contribution in [0.15, 0.2) is 28.1 Å². The number of nitrogens with zero attached hydrogens (tertiary/aromatic N) is 1. The van der Waals surface area contributed by atoms with E-state index in [1.54, 1.807) is 0 Å². The smallest absolute Gasteiger partial charge is 0.128 e. The Bertz CT molecular complexity index is 369. The minimum absolute atomic E-state index is 0.376. The molecule has 0 aromatic carbocycles. The molecular formula is C13H24N4O. The maximum Gasteiger partial charge on any atom is 0.128 e. The van der Waals surface area contributed by atoms with Gasteiger partial charge in [-0.3, -0.25) is 0 Å². The van der Waals surface area contributed by atoms with E-state index < -0.39 is 0 Å². The molecule has 1 rings (SSSR count). The highest BCUT2D eigenvalue weighted by atomic mass is 16.6. The number of hydrogen-bond donors (Lipinski definition) is 3. The van der Waals surface area contributed by atoms with E-state index in [9.17, 15) is 0 Å². The van der Waals surface area contributed by atoms with Crippen LogP contribution in [0.2, 0.25) is 0 Å². The predicted octanol–water partition coefficient (Wildman–Crippen LogP) is 1.66. The van der Waals surface area contributed by atoms with Gasteiger partial charge in [-0.1, -0.05) is 0 Å². The molecule has 5 nitrogen and oxygen atoms in total. The summed E-state index contributed by atoms with van der Waals surface area (Å²) < 4.78 is 0. The van der Waals surface area contributed by atoms with Crippen LogP contribution in [-0.2, 0) is 4.84 Å². The summed E-state index contributed by atoms with van der Waals surface area (Å²) in [5.41, 5.74) is 4.98. The molecule has 0 radical (unpaired) electrons. The molecule has 0 saturated carbocycles. The van der Waals surface area contributed by atoms with E-state index in [4.69, 9.17) is 4.84 Å². The summed E-state index contributed by atoms with van der Waals surface area (Å²) in [5, 5.41) is 6.59. The minimum Gasteiger partial charge on any atom is -0.413 e. The molecule has 1 aliphatic rings. The summed E-state index contributed by atoms with van der Waals surface area (Å²) in [6.45, 7) is 11.5. The van der Waals surface area contributed by atoms with E-state index in [0.717, 1.165) is 29.4 Å². The van der Waals surface area contributed by atoms with Crippen molar-refractivity contribution in [3.8, 4) is 0 Å². The largest absolute Gasteiger partial charge is 0.413 e. The zero-order valence-corrected chi connectivity index (χ0v) is 11.9. The van der Waals surface area contributed by atoms with Crippen LogP contribution in [0.4, 0.5) is 0 Å². The summed E-state index contributed by atoms with van der Waals surface area (Å²) >= 11 is 0. The van der Waals surface area contributed by atoms with E-state index in [0.29, 0.717) is 12.7 Å². The van der Waals surface area contributed by atoms with Crippen LogP contribution in [0.25, 0.3) is 0 Å². The Balaban J connectivity index is 2.77. The van der Waals surface area contributed by atoms with E-state index in [1.165, 1.54) is 0 Å². The zero-order chi connectivity index (χ0) is 13.5. The molecule has 3 N–H and O–H groups in total. The van der Waals surface area contributed by atoms with Crippen LogP contribution in [0.3, 0.4) is 0 Å². The number of amidine groups is 1. The van der Waals surface area contributed by atoms with E-state index in [2.05, 4.69) is 35.0 Å². The maximum atomic E-state index is 5.34. The lowest BCUT2D eigenvalue weighted by Gasteiger charge is -2.21. The number of nitrogens with one attached hydrogen (secondary N) is 3. The highest BCUT2D eigenvalue weighted by Crippen LogP contribution is 2.11. The van der Waals surface area contributed by atoms with E-state index >= 15 is 0 Å². The third-order valence-corrected chi connectivity index (χ3v) is 2.42. The lowest BCUT2D eigenvalue weighted by molar-refractivity contribution is 0.111. The maximum absolute atomic E-state index is 5.34. The van der Waals surface area contributed by atoms with Gasteiger partial charge in [0.2, 0.25) is 0 Å². The van der Waals surface area contributed by atoms with Crippen LogP contribution < -0.4 is 16.1 Å². The minimum atomic E-state index is 0.376. The summed E-state index contributed by atoms with van der Waals surface area (Å²) in [6, 6.07) is 0.376. The highest BCUT2D eigenvalue weighted by Gasteiger charge is 2.12. The molecule has 0 aromatic heterocycles. The number of aliphatic imine (C=N–C) groups is 1. The van der Waals surface area contributed by atoms with Gasteiger partial charge in [0.25, 0.3) is 0 Å². The second-order valence-corrected chi connectivity index (χ2v) is 4.53. The molecule has 0 unspecified atom stereocenters. The van der Waals surface area contributed by atoms with Crippen LogP contribution in [0, 0.1) is 0 Å². The molecule has 102 valence electrons. The standard InChI is InChI=1S/C13H24N4O/c1-6-16-18-10(4)7-12-11(5)13(15-8-14-12)17-9(2)3/h7,9,14,16H,6,8H2,1-5H3,(H,15,17)/b10-7+. The highest BCUT2D eigenvalue weighted by molar-refractivity contribution is 5.99. The molecule has 0 saturated heterocycles. The van der Waals surface area contributed by atoms with Gasteiger partial charge in [0.15, 0.2) is 0 Å². The van der Waals surface area contributed by atoms with Gasteiger partial charge in [0.1, 0.15) is 18.3 Å². The third kappa shape index (κ3) is 4.41. The third-order valence-electron chi connectivity index (χ3n) is 2.42. The number of hydroxylamine groups is 1. The lowest BCUT2D eigenvalue weighted by atomic mass is 10.1. The van der Waals surface area contributed by atoms with Crippen LogP contribution in [-0.4, -0.2) is 25.1 Å². The average Bonchev–Trinajstić information content (AvgIpc) is 2.31. The Kier molecular flexibility index (Phi) is 5.71. The van der Waals surface area contributed by atoms with Crippen molar-refractivity contribution in [2.45, 2.75) is 40.7 Å². The first-order valence-electron chi connectivity index (χ1n) is 6.38. The van der Waals surface area contributed by atoms with Crippen LogP contribution in [0.5, 0.6) is 0 Å². The van der Waals surface area contributed by atoms with Crippen molar-refractivity contribution in [1.82, 2.24) is 16.1 Å². The molecule has 0 spiro atoms. The van der Waals surface area contributed by atoms with Crippen molar-refractivity contribution >= 4 is 5.84 Å². The van der Waals surface area contributed by atoms with Gasteiger partial charge in [-0.25, -0.2) is 4.99 Å². The molecule has 0 bridgehead atoms. The Morgan fingerprint density at radius 1 is 1.56 bits per heavy atom. The van der Waals surface area contributed by atoms with Gasteiger partial charge in [0.05, 0.1) is 0 Å². The van der Waals surface area contributed by atoms with Gasteiger partial charge in [-0.2, -0.15) is 5.48 Å². The molecule has 0 aliphatic carbocycles. The summed E-state index contributed by atoms with van der Waals surface area (Å²) in [4.78, 5) is 9.76. The van der Waals surface area contributed by atoms with E-state index in [1.807, 2.05) is 26.8 Å². The van der Waals surface area contributed by atoms with Crippen molar-refractivity contribution in [3.63, 3.8) is 0 Å². The quantitative estimate of drug-likeness (QED) is 0.514. The molecule has 0 atom stereocenters. The monoisotopic (exact) mass is 252 g/mol. The van der Waals surface area contributed by atoms with Gasteiger partial charge in [-0.15, -0.1) is 0 Å². The Labute approximate surface area is 109 Å². The zero-order valence-electron chi connectivity index (χ0n) is 11.9. The molecule has 1 heterocycles. The van der Waals surface area contributed by atoms with Crippen LogP contribution in [0.1, 0.15) is 34.6 Å². The van der Waals surface area contributed by atoms with Crippen molar-refractivity contribution in [3.05, 3.63) is 23.1 Å². The van der Waals surface area contributed by atoms with Crippen molar-refractivity contribution in [2.75, 3.05) is 13.2 Å². The normalized spacial score (nSPS) is 16.6.